The fourth-order valence-corrected chi connectivity index (χ4v) is 6.87. The van der Waals surface area contributed by atoms with Crippen LogP contribution in [-0.4, -0.2) is 9.97 Å². The Labute approximate surface area is 237 Å². The number of pyridine rings is 2. The zero-order valence-corrected chi connectivity index (χ0v) is 22.3. The van der Waals surface area contributed by atoms with Gasteiger partial charge in [0.15, 0.2) is 0 Å². The molecule has 0 fully saturated rings. The third-order valence-electron chi connectivity index (χ3n) is 8.77. The first-order chi connectivity index (χ1) is 20.3. The van der Waals surface area contributed by atoms with Gasteiger partial charge >= 0.3 is 0 Å². The van der Waals surface area contributed by atoms with Crippen molar-refractivity contribution in [2.75, 3.05) is 0 Å². The van der Waals surface area contributed by atoms with Gasteiger partial charge in [0, 0.05) is 23.3 Å². The van der Waals surface area contributed by atoms with Gasteiger partial charge in [-0.05, 0) is 109 Å². The Hall–Kier alpha value is -5.34. The minimum absolute atomic E-state index is 0.917. The standard InChI is InChI=1S/C39H24N2/c1-2-10-31-29(8-1)30-9-3-4-11-32(30)37-20-26(14-15-34(31)37)38-22-24(16-18-41-38)28-12-5-13-33-35-19-25-7-6-17-40-39(25)23-27(35)21-36(28)33/h1-20,22-23H,21H2. The monoisotopic (exact) mass is 520 g/mol. The SMILES string of the molecule is c1cc(-c2ccnc(-c3ccc4c5ccccc5c5ccccc5c4c3)c2)c2c(c1)-c1cc3cccnc3cc1C2. The molecule has 0 spiro atoms. The molecule has 0 amide bonds. The molecule has 2 nitrogen and oxygen atoms in total. The van der Waals surface area contributed by atoms with Crippen molar-refractivity contribution < 1.29 is 0 Å². The van der Waals surface area contributed by atoms with Crippen LogP contribution in [0, 0.1) is 0 Å². The first kappa shape index (κ1) is 22.5. The van der Waals surface area contributed by atoms with Crippen LogP contribution in [0.5, 0.6) is 0 Å². The number of hydrogen-bond donors (Lipinski definition) is 0. The van der Waals surface area contributed by atoms with Crippen molar-refractivity contribution in [1.29, 1.82) is 0 Å². The second-order valence-corrected chi connectivity index (χ2v) is 11.0. The van der Waals surface area contributed by atoms with Crippen molar-refractivity contribution in [2.24, 2.45) is 0 Å². The summed E-state index contributed by atoms with van der Waals surface area (Å²) in [5.41, 5.74) is 11.0. The normalized spacial score (nSPS) is 12.3. The van der Waals surface area contributed by atoms with Crippen LogP contribution >= 0.6 is 0 Å². The van der Waals surface area contributed by atoms with Crippen LogP contribution in [0.3, 0.4) is 0 Å². The molecule has 8 aromatic rings. The van der Waals surface area contributed by atoms with Gasteiger partial charge in [0.2, 0.25) is 0 Å². The molecule has 9 rings (SSSR count). The molecule has 0 aliphatic heterocycles. The van der Waals surface area contributed by atoms with E-state index in [0.29, 0.717) is 0 Å². The van der Waals surface area contributed by atoms with Gasteiger partial charge in [0.25, 0.3) is 0 Å². The van der Waals surface area contributed by atoms with Crippen molar-refractivity contribution in [1.82, 2.24) is 9.97 Å². The van der Waals surface area contributed by atoms with E-state index in [1.54, 1.807) is 0 Å². The Balaban J connectivity index is 1.19. The number of nitrogens with zero attached hydrogens (tertiary/aromatic N) is 2. The number of aromatic nitrogens is 2. The molecule has 2 heteroatoms. The minimum Gasteiger partial charge on any atom is -0.256 e. The van der Waals surface area contributed by atoms with E-state index in [4.69, 9.17) is 4.98 Å². The molecule has 0 atom stereocenters. The van der Waals surface area contributed by atoms with Crippen molar-refractivity contribution >= 4 is 43.2 Å². The fraction of sp³-hybridized carbons (Fsp3) is 0.0256. The summed E-state index contributed by atoms with van der Waals surface area (Å²) in [6, 6.07) is 44.1. The van der Waals surface area contributed by atoms with Gasteiger partial charge in [0.05, 0.1) is 11.2 Å². The molecule has 0 bridgehead atoms. The van der Waals surface area contributed by atoms with Crippen molar-refractivity contribution in [3.8, 4) is 33.5 Å². The zero-order chi connectivity index (χ0) is 26.9. The van der Waals surface area contributed by atoms with Gasteiger partial charge in [-0.25, -0.2) is 0 Å². The van der Waals surface area contributed by atoms with E-state index in [-0.39, 0.29) is 0 Å². The van der Waals surface area contributed by atoms with Gasteiger partial charge in [0.1, 0.15) is 0 Å². The maximum Gasteiger partial charge on any atom is 0.0708 e. The average Bonchev–Trinajstić information content (AvgIpc) is 3.41. The maximum absolute atomic E-state index is 4.85. The Morgan fingerprint density at radius 3 is 1.98 bits per heavy atom. The summed E-state index contributed by atoms with van der Waals surface area (Å²) < 4.78 is 0. The second kappa shape index (κ2) is 8.58. The van der Waals surface area contributed by atoms with E-state index in [2.05, 4.69) is 120 Å². The van der Waals surface area contributed by atoms with Crippen LogP contribution in [0.2, 0.25) is 0 Å². The molecular formula is C39H24N2. The molecule has 190 valence electrons. The molecule has 0 radical (unpaired) electrons. The quantitative estimate of drug-likeness (QED) is 0.212. The molecular weight excluding hydrogens is 496 g/mol. The summed E-state index contributed by atoms with van der Waals surface area (Å²) in [6.07, 6.45) is 4.74. The van der Waals surface area contributed by atoms with Crippen LogP contribution in [0.4, 0.5) is 0 Å². The summed E-state index contributed by atoms with van der Waals surface area (Å²) in [4.78, 5) is 9.44. The second-order valence-electron chi connectivity index (χ2n) is 11.0. The number of fused-ring (bicyclic) bond motifs is 10. The molecule has 2 heterocycles. The highest BCUT2D eigenvalue weighted by atomic mass is 14.7. The molecule has 1 aliphatic rings. The van der Waals surface area contributed by atoms with Gasteiger partial charge < -0.3 is 0 Å². The lowest BCUT2D eigenvalue weighted by molar-refractivity contribution is 1.26. The highest BCUT2D eigenvalue weighted by Crippen LogP contribution is 2.43. The van der Waals surface area contributed by atoms with Gasteiger partial charge in [-0.2, -0.15) is 0 Å². The molecule has 1 aliphatic carbocycles. The smallest absolute Gasteiger partial charge is 0.0708 e. The van der Waals surface area contributed by atoms with E-state index in [9.17, 15) is 0 Å². The van der Waals surface area contributed by atoms with Gasteiger partial charge in [-0.1, -0.05) is 84.9 Å². The van der Waals surface area contributed by atoms with Gasteiger partial charge in [-0.15, -0.1) is 0 Å². The molecule has 6 aromatic carbocycles. The van der Waals surface area contributed by atoms with E-state index in [0.717, 1.165) is 23.2 Å². The molecule has 0 saturated carbocycles. The van der Waals surface area contributed by atoms with Crippen LogP contribution in [0.1, 0.15) is 11.1 Å². The van der Waals surface area contributed by atoms with Crippen molar-refractivity contribution in [3.05, 3.63) is 145 Å². The van der Waals surface area contributed by atoms with Gasteiger partial charge in [-0.3, -0.25) is 9.97 Å². The third kappa shape index (κ3) is 3.38. The first-order valence-electron chi connectivity index (χ1n) is 14.1. The predicted octanol–water partition coefficient (Wildman–Crippen LogP) is 9.99. The number of rotatable bonds is 2. The van der Waals surface area contributed by atoms with E-state index in [1.165, 1.54) is 71.1 Å². The van der Waals surface area contributed by atoms with Crippen LogP contribution in [-0.2, 0) is 6.42 Å². The summed E-state index contributed by atoms with van der Waals surface area (Å²) >= 11 is 0. The Morgan fingerprint density at radius 2 is 1.17 bits per heavy atom. The van der Waals surface area contributed by atoms with E-state index in [1.807, 2.05) is 18.5 Å². The topological polar surface area (TPSA) is 25.8 Å². The molecule has 2 aromatic heterocycles. The Bertz CT molecular complexity index is 2310. The molecule has 41 heavy (non-hydrogen) atoms. The van der Waals surface area contributed by atoms with Crippen molar-refractivity contribution in [2.45, 2.75) is 6.42 Å². The van der Waals surface area contributed by atoms with E-state index >= 15 is 0 Å². The lowest BCUT2D eigenvalue weighted by atomic mass is 9.92. The summed E-state index contributed by atoms with van der Waals surface area (Å²) in [6.45, 7) is 0. The molecule has 0 unspecified atom stereocenters. The molecule has 0 N–H and O–H groups in total. The minimum atomic E-state index is 0.917. The average molecular weight is 521 g/mol. The molecule has 0 saturated heterocycles. The van der Waals surface area contributed by atoms with E-state index < -0.39 is 0 Å². The largest absolute Gasteiger partial charge is 0.256 e. The lowest BCUT2D eigenvalue weighted by Crippen LogP contribution is -1.91. The van der Waals surface area contributed by atoms with Crippen LogP contribution in [0.25, 0.3) is 76.7 Å². The summed E-state index contributed by atoms with van der Waals surface area (Å²) in [7, 11) is 0. The third-order valence-corrected chi connectivity index (χ3v) is 8.77. The van der Waals surface area contributed by atoms with Crippen molar-refractivity contribution in [3.63, 3.8) is 0 Å². The van der Waals surface area contributed by atoms with Crippen LogP contribution in [0.15, 0.2) is 134 Å². The number of hydrogen-bond acceptors (Lipinski definition) is 2. The Morgan fingerprint density at radius 1 is 0.439 bits per heavy atom. The lowest BCUT2D eigenvalue weighted by Gasteiger charge is -2.13. The predicted molar refractivity (Wildman–Crippen MR) is 171 cm³/mol. The summed E-state index contributed by atoms with van der Waals surface area (Å²) in [5, 5.41) is 8.88. The fourth-order valence-electron chi connectivity index (χ4n) is 6.87. The Kier molecular flexibility index (Phi) is 4.70. The number of benzene rings is 6. The highest BCUT2D eigenvalue weighted by molar-refractivity contribution is 6.25. The van der Waals surface area contributed by atoms with Crippen LogP contribution < -0.4 is 0 Å². The maximum atomic E-state index is 4.85. The first-order valence-corrected chi connectivity index (χ1v) is 14.1. The zero-order valence-electron chi connectivity index (χ0n) is 22.3. The highest BCUT2D eigenvalue weighted by Gasteiger charge is 2.22. The summed E-state index contributed by atoms with van der Waals surface area (Å²) in [5.74, 6) is 0.